The minimum Gasteiger partial charge on any atom is -0.481 e. The largest absolute Gasteiger partial charge is 0.481 e. The molecule has 8 nitrogen and oxygen atoms in total. The summed E-state index contributed by atoms with van der Waals surface area (Å²) in [6.45, 7) is 2.54. The molecule has 0 aliphatic heterocycles. The molecule has 0 saturated heterocycles. The predicted molar refractivity (Wildman–Crippen MR) is 130 cm³/mol. The van der Waals surface area contributed by atoms with Crippen molar-refractivity contribution in [2.24, 2.45) is 0 Å². The summed E-state index contributed by atoms with van der Waals surface area (Å²) in [6, 6.07) is 15.2. The third-order valence-electron chi connectivity index (χ3n) is 6.31. The maximum absolute atomic E-state index is 12.7. The van der Waals surface area contributed by atoms with Crippen molar-refractivity contribution in [3.05, 3.63) is 59.7 Å². The van der Waals surface area contributed by atoms with Crippen LogP contribution in [0.15, 0.2) is 48.5 Å². The number of amides is 2. The number of alkyl carbamates (subject to hydrolysis) is 1. The highest BCUT2D eigenvalue weighted by molar-refractivity contribution is 5.86. The van der Waals surface area contributed by atoms with Crippen LogP contribution in [0.2, 0.25) is 0 Å². The number of carbonyl (C=O) groups is 3. The van der Waals surface area contributed by atoms with Gasteiger partial charge in [0.05, 0.1) is 0 Å². The Kier molecular flexibility index (Phi) is 8.65. The molecule has 1 aliphatic carbocycles. The zero-order valence-electron chi connectivity index (χ0n) is 19.9. The number of hydrogen-bond acceptors (Lipinski definition) is 5. The fourth-order valence-electron chi connectivity index (χ4n) is 4.35. The first-order valence-electron chi connectivity index (χ1n) is 11.6. The highest BCUT2D eigenvalue weighted by atomic mass is 16.5. The Morgan fingerprint density at radius 1 is 1.03 bits per heavy atom. The molecule has 0 saturated carbocycles. The van der Waals surface area contributed by atoms with Gasteiger partial charge in [-0.05, 0) is 49.2 Å². The molecule has 2 amide bonds. The number of hydrogen-bond donors (Lipinski definition) is 3. The monoisotopic (exact) mass is 467 g/mol. The summed E-state index contributed by atoms with van der Waals surface area (Å²) in [5.74, 6) is -1.56. The van der Waals surface area contributed by atoms with Crippen molar-refractivity contribution in [2.45, 2.75) is 44.2 Å². The zero-order valence-corrected chi connectivity index (χ0v) is 19.9. The number of benzene rings is 2. The molecule has 0 fully saturated rings. The summed E-state index contributed by atoms with van der Waals surface area (Å²) in [5.41, 5.74) is 4.42. The lowest BCUT2D eigenvalue weighted by Gasteiger charge is -2.25. The van der Waals surface area contributed by atoms with E-state index in [2.05, 4.69) is 22.8 Å². The molecule has 1 aliphatic rings. The maximum Gasteiger partial charge on any atom is 0.407 e. The normalized spacial score (nSPS) is 14.1. The lowest BCUT2D eigenvalue weighted by Crippen LogP contribution is -2.50. The molecular formula is C26H33N3O5. The molecule has 0 bridgehead atoms. The molecule has 3 N–H and O–H groups in total. The number of fused-ring (bicyclic) bond motifs is 3. The van der Waals surface area contributed by atoms with Gasteiger partial charge in [-0.25, -0.2) is 4.79 Å². The summed E-state index contributed by atoms with van der Waals surface area (Å²) in [4.78, 5) is 38.4. The van der Waals surface area contributed by atoms with Gasteiger partial charge in [-0.1, -0.05) is 55.5 Å². The van der Waals surface area contributed by atoms with Crippen molar-refractivity contribution >= 4 is 18.0 Å². The number of nitrogens with one attached hydrogen (secondary N) is 2. The summed E-state index contributed by atoms with van der Waals surface area (Å²) >= 11 is 0. The maximum atomic E-state index is 12.7. The van der Waals surface area contributed by atoms with Crippen molar-refractivity contribution in [1.29, 1.82) is 0 Å². The van der Waals surface area contributed by atoms with Crippen molar-refractivity contribution in [2.75, 3.05) is 27.2 Å². The molecule has 0 heterocycles. The number of carbonyl (C=O) groups excluding carboxylic acids is 2. The van der Waals surface area contributed by atoms with Crippen LogP contribution in [0.25, 0.3) is 11.1 Å². The SMILES string of the molecule is CCC(CNC(=O)C(CCC(=O)O)NC(=O)OCC1c2ccccc2-c2ccccc21)N(C)C. The molecule has 0 radical (unpaired) electrons. The van der Waals surface area contributed by atoms with Gasteiger partial charge in [-0.2, -0.15) is 0 Å². The molecule has 3 rings (SSSR count). The predicted octanol–water partition coefficient (Wildman–Crippen LogP) is 3.21. The quantitative estimate of drug-likeness (QED) is 0.468. The second kappa shape index (κ2) is 11.7. The average Bonchev–Trinajstić information content (AvgIpc) is 3.14. The van der Waals surface area contributed by atoms with E-state index in [0.29, 0.717) is 6.54 Å². The van der Waals surface area contributed by atoms with Crippen molar-refractivity contribution in [1.82, 2.24) is 15.5 Å². The minimum absolute atomic E-state index is 0.0237. The molecule has 34 heavy (non-hydrogen) atoms. The van der Waals surface area contributed by atoms with Crippen LogP contribution in [0.5, 0.6) is 0 Å². The summed E-state index contributed by atoms with van der Waals surface area (Å²) in [7, 11) is 3.86. The van der Waals surface area contributed by atoms with E-state index in [1.54, 1.807) is 0 Å². The number of rotatable bonds is 11. The lowest BCUT2D eigenvalue weighted by molar-refractivity contribution is -0.137. The van der Waals surface area contributed by atoms with Crippen LogP contribution in [0.4, 0.5) is 4.79 Å². The van der Waals surface area contributed by atoms with Gasteiger partial charge in [0, 0.05) is 24.9 Å². The topological polar surface area (TPSA) is 108 Å². The van der Waals surface area contributed by atoms with Crippen molar-refractivity contribution in [3.8, 4) is 11.1 Å². The van der Waals surface area contributed by atoms with Gasteiger partial charge in [0.15, 0.2) is 0 Å². The van der Waals surface area contributed by atoms with Gasteiger partial charge in [-0.15, -0.1) is 0 Å². The highest BCUT2D eigenvalue weighted by Crippen LogP contribution is 2.44. The van der Waals surface area contributed by atoms with Gasteiger partial charge < -0.3 is 25.4 Å². The first-order chi connectivity index (χ1) is 16.3. The molecule has 8 heteroatoms. The molecule has 182 valence electrons. The van der Waals surface area contributed by atoms with Gasteiger partial charge >= 0.3 is 12.1 Å². The Morgan fingerprint density at radius 3 is 2.15 bits per heavy atom. The van der Waals surface area contributed by atoms with Crippen molar-refractivity contribution < 1.29 is 24.2 Å². The van der Waals surface area contributed by atoms with Crippen LogP contribution in [0.1, 0.15) is 43.2 Å². The van der Waals surface area contributed by atoms with E-state index in [9.17, 15) is 14.4 Å². The Labute approximate surface area is 200 Å². The minimum atomic E-state index is -1.04. The van der Waals surface area contributed by atoms with Gasteiger partial charge in [0.1, 0.15) is 12.6 Å². The number of aliphatic carboxylic acids is 1. The third-order valence-corrected chi connectivity index (χ3v) is 6.31. The van der Waals surface area contributed by atoms with E-state index in [1.807, 2.05) is 62.3 Å². The summed E-state index contributed by atoms with van der Waals surface area (Å²) < 4.78 is 5.53. The van der Waals surface area contributed by atoms with Crippen LogP contribution in [-0.4, -0.2) is 67.3 Å². The fraction of sp³-hybridized carbons (Fsp3) is 0.423. The summed E-state index contributed by atoms with van der Waals surface area (Å²) in [6.07, 6.45) is -0.170. The molecule has 0 spiro atoms. The first kappa shape index (κ1) is 25.2. The number of carboxylic acids is 1. The second-order valence-electron chi connectivity index (χ2n) is 8.73. The first-order valence-corrected chi connectivity index (χ1v) is 11.6. The standard InChI is InChI=1S/C26H33N3O5/c1-4-17(29(2)3)15-27-25(32)23(13-14-24(30)31)28-26(33)34-16-22-20-11-7-5-9-18(20)19-10-6-8-12-21(19)22/h5-12,17,22-23H,4,13-16H2,1-3H3,(H,27,32)(H,28,33)(H,30,31). The Bertz CT molecular complexity index is 978. The van der Waals surface area contributed by atoms with Gasteiger partial charge in [-0.3, -0.25) is 9.59 Å². The number of ether oxygens (including phenoxy) is 1. The van der Waals surface area contributed by atoms with E-state index in [0.717, 1.165) is 28.7 Å². The average molecular weight is 468 g/mol. The Balaban J connectivity index is 1.63. The van der Waals surface area contributed by atoms with E-state index < -0.39 is 24.0 Å². The highest BCUT2D eigenvalue weighted by Gasteiger charge is 2.30. The molecule has 0 aromatic heterocycles. The van der Waals surface area contributed by atoms with E-state index in [1.165, 1.54) is 0 Å². The summed E-state index contributed by atoms with van der Waals surface area (Å²) in [5, 5.41) is 14.4. The molecule has 2 aromatic carbocycles. The molecule has 2 unspecified atom stereocenters. The number of carboxylic acid groups (broad SMARTS) is 1. The Hall–Kier alpha value is -3.39. The lowest BCUT2D eigenvalue weighted by atomic mass is 9.98. The molecule has 2 atom stereocenters. The van der Waals surface area contributed by atoms with Gasteiger partial charge in [0.25, 0.3) is 0 Å². The van der Waals surface area contributed by atoms with Crippen LogP contribution >= 0.6 is 0 Å². The Morgan fingerprint density at radius 2 is 1.62 bits per heavy atom. The van der Waals surface area contributed by atoms with Crippen molar-refractivity contribution in [3.63, 3.8) is 0 Å². The zero-order chi connectivity index (χ0) is 24.7. The van der Waals surface area contributed by atoms with E-state index in [-0.39, 0.29) is 31.4 Å². The second-order valence-corrected chi connectivity index (χ2v) is 8.73. The van der Waals surface area contributed by atoms with Gasteiger partial charge in [0.2, 0.25) is 5.91 Å². The number of nitrogens with zero attached hydrogens (tertiary/aromatic N) is 1. The van der Waals surface area contributed by atoms with E-state index >= 15 is 0 Å². The van der Waals surface area contributed by atoms with Crippen LogP contribution in [0, 0.1) is 0 Å². The van der Waals surface area contributed by atoms with E-state index in [4.69, 9.17) is 9.84 Å². The third kappa shape index (κ3) is 6.14. The van der Waals surface area contributed by atoms with Crippen LogP contribution in [0.3, 0.4) is 0 Å². The van der Waals surface area contributed by atoms with Crippen LogP contribution in [-0.2, 0) is 14.3 Å². The van der Waals surface area contributed by atoms with Crippen LogP contribution < -0.4 is 10.6 Å². The molecule has 2 aromatic rings. The smallest absolute Gasteiger partial charge is 0.407 e. The molecular weight excluding hydrogens is 434 g/mol. The fourth-order valence-corrected chi connectivity index (χ4v) is 4.35. The number of likely N-dealkylation sites (N-methyl/N-ethyl adjacent to an activating group) is 1.